The Bertz CT molecular complexity index is 757. The SMILES string of the molecule is COc1ccc(CSc2nnc(SCc3nc(C)no3)s2)cc1. The van der Waals surface area contributed by atoms with Crippen molar-refractivity contribution >= 4 is 34.9 Å². The third-order valence-electron chi connectivity index (χ3n) is 2.80. The summed E-state index contributed by atoms with van der Waals surface area (Å²) in [5.74, 6) is 3.58. The molecule has 0 radical (unpaired) electrons. The lowest BCUT2D eigenvalue weighted by atomic mass is 10.2. The van der Waals surface area contributed by atoms with E-state index in [1.165, 1.54) is 5.56 Å². The number of nitrogens with zero attached hydrogens (tertiary/aromatic N) is 4. The summed E-state index contributed by atoms with van der Waals surface area (Å²) < 4.78 is 12.1. The van der Waals surface area contributed by atoms with Crippen LogP contribution in [0.4, 0.5) is 0 Å². The van der Waals surface area contributed by atoms with Crippen molar-refractivity contribution in [1.82, 2.24) is 20.3 Å². The first-order valence-corrected chi connectivity index (χ1v) is 9.53. The summed E-state index contributed by atoms with van der Waals surface area (Å²) in [6.45, 7) is 1.80. The molecular formula is C14H14N4O2S3. The zero-order chi connectivity index (χ0) is 16.1. The Labute approximate surface area is 146 Å². The number of hydrogen-bond donors (Lipinski definition) is 0. The molecule has 0 aliphatic rings. The van der Waals surface area contributed by atoms with Gasteiger partial charge in [0.1, 0.15) is 5.75 Å². The highest BCUT2D eigenvalue weighted by atomic mass is 32.2. The molecule has 0 N–H and O–H groups in total. The van der Waals surface area contributed by atoms with E-state index in [4.69, 9.17) is 9.26 Å². The lowest BCUT2D eigenvalue weighted by molar-refractivity contribution is 0.387. The van der Waals surface area contributed by atoms with E-state index in [0.29, 0.717) is 17.5 Å². The summed E-state index contributed by atoms with van der Waals surface area (Å²) in [7, 11) is 1.67. The van der Waals surface area contributed by atoms with Crippen LogP contribution in [-0.4, -0.2) is 27.4 Å². The van der Waals surface area contributed by atoms with Crippen LogP contribution in [0.3, 0.4) is 0 Å². The molecule has 0 saturated carbocycles. The normalized spacial score (nSPS) is 10.9. The zero-order valence-electron chi connectivity index (χ0n) is 12.6. The number of thioether (sulfide) groups is 2. The van der Waals surface area contributed by atoms with Gasteiger partial charge in [-0.05, 0) is 24.6 Å². The minimum Gasteiger partial charge on any atom is -0.497 e. The number of ether oxygens (including phenoxy) is 1. The molecule has 0 spiro atoms. The van der Waals surface area contributed by atoms with Gasteiger partial charge in [-0.15, -0.1) is 10.2 Å². The van der Waals surface area contributed by atoms with Crippen molar-refractivity contribution in [3.05, 3.63) is 41.5 Å². The Morgan fingerprint density at radius 1 is 1.09 bits per heavy atom. The van der Waals surface area contributed by atoms with Crippen molar-refractivity contribution in [2.45, 2.75) is 27.1 Å². The quantitative estimate of drug-likeness (QED) is 0.584. The van der Waals surface area contributed by atoms with E-state index in [-0.39, 0.29) is 0 Å². The van der Waals surface area contributed by atoms with Crippen molar-refractivity contribution in [2.24, 2.45) is 0 Å². The summed E-state index contributed by atoms with van der Waals surface area (Å²) >= 11 is 4.80. The summed E-state index contributed by atoms with van der Waals surface area (Å²) in [4.78, 5) is 4.17. The Morgan fingerprint density at radius 2 is 1.78 bits per heavy atom. The average Bonchev–Trinajstić information content (AvgIpc) is 3.20. The van der Waals surface area contributed by atoms with Gasteiger partial charge >= 0.3 is 0 Å². The molecule has 1 aromatic carbocycles. The van der Waals surface area contributed by atoms with Crippen LogP contribution in [0, 0.1) is 6.92 Å². The van der Waals surface area contributed by atoms with E-state index >= 15 is 0 Å². The number of methoxy groups -OCH3 is 1. The molecule has 3 rings (SSSR count). The van der Waals surface area contributed by atoms with Crippen LogP contribution in [-0.2, 0) is 11.5 Å². The second kappa shape index (κ2) is 7.80. The molecule has 23 heavy (non-hydrogen) atoms. The molecule has 0 saturated heterocycles. The maximum absolute atomic E-state index is 5.15. The van der Waals surface area contributed by atoms with Crippen molar-refractivity contribution in [3.63, 3.8) is 0 Å². The van der Waals surface area contributed by atoms with E-state index in [1.54, 1.807) is 48.9 Å². The van der Waals surface area contributed by atoms with Gasteiger partial charge in [0, 0.05) is 5.75 Å². The van der Waals surface area contributed by atoms with E-state index in [2.05, 4.69) is 32.5 Å². The van der Waals surface area contributed by atoms with E-state index in [1.807, 2.05) is 12.1 Å². The first-order chi connectivity index (χ1) is 11.2. The highest BCUT2D eigenvalue weighted by Crippen LogP contribution is 2.32. The van der Waals surface area contributed by atoms with Crippen molar-refractivity contribution in [2.75, 3.05) is 7.11 Å². The van der Waals surface area contributed by atoms with Gasteiger partial charge in [-0.25, -0.2) is 0 Å². The summed E-state index contributed by atoms with van der Waals surface area (Å²) in [5, 5.41) is 12.1. The Hall–Kier alpha value is -1.58. The largest absolute Gasteiger partial charge is 0.497 e. The van der Waals surface area contributed by atoms with Crippen molar-refractivity contribution in [3.8, 4) is 5.75 Å². The molecule has 0 fully saturated rings. The maximum atomic E-state index is 5.15. The van der Waals surface area contributed by atoms with Crippen LogP contribution in [0.15, 0.2) is 37.5 Å². The fraction of sp³-hybridized carbons (Fsp3) is 0.286. The van der Waals surface area contributed by atoms with Gasteiger partial charge in [0.15, 0.2) is 14.5 Å². The van der Waals surface area contributed by atoms with Crippen molar-refractivity contribution < 1.29 is 9.26 Å². The van der Waals surface area contributed by atoms with Crippen LogP contribution in [0.1, 0.15) is 17.3 Å². The minimum absolute atomic E-state index is 0.607. The molecule has 3 aromatic rings. The predicted octanol–water partition coefficient (Wildman–Crippen LogP) is 3.82. The average molecular weight is 366 g/mol. The van der Waals surface area contributed by atoms with E-state index in [9.17, 15) is 0 Å². The summed E-state index contributed by atoms with van der Waals surface area (Å²) in [6, 6.07) is 8.04. The molecule has 0 unspecified atom stereocenters. The molecule has 0 bridgehead atoms. The van der Waals surface area contributed by atoms with Gasteiger partial charge in [-0.2, -0.15) is 4.98 Å². The first-order valence-electron chi connectivity index (χ1n) is 6.74. The first kappa shape index (κ1) is 16.3. The number of rotatable bonds is 7. The number of benzene rings is 1. The van der Waals surface area contributed by atoms with Gasteiger partial charge in [-0.3, -0.25) is 0 Å². The smallest absolute Gasteiger partial charge is 0.237 e. The molecule has 0 amide bonds. The standard InChI is InChI=1S/C14H14N4O2S3/c1-9-15-12(20-18-9)8-22-14-17-16-13(23-14)21-7-10-3-5-11(19-2)6-4-10/h3-6H,7-8H2,1-2H3. The molecule has 9 heteroatoms. The lowest BCUT2D eigenvalue weighted by Gasteiger charge is -2.01. The third-order valence-corrected chi connectivity index (χ3v) is 6.04. The van der Waals surface area contributed by atoms with Crippen molar-refractivity contribution in [1.29, 1.82) is 0 Å². The highest BCUT2D eigenvalue weighted by Gasteiger charge is 2.09. The molecule has 2 aromatic heterocycles. The molecule has 2 heterocycles. The predicted molar refractivity (Wildman–Crippen MR) is 91.1 cm³/mol. The Kier molecular flexibility index (Phi) is 5.52. The molecule has 120 valence electrons. The molecule has 0 aliphatic carbocycles. The topological polar surface area (TPSA) is 73.9 Å². The number of hydrogen-bond acceptors (Lipinski definition) is 9. The summed E-state index contributed by atoms with van der Waals surface area (Å²) in [6.07, 6.45) is 0. The van der Waals surface area contributed by atoms with Crippen LogP contribution < -0.4 is 4.74 Å². The Morgan fingerprint density at radius 3 is 2.39 bits per heavy atom. The Balaban J connectivity index is 1.50. The van der Waals surface area contributed by atoms with Gasteiger partial charge in [-0.1, -0.05) is 52.1 Å². The van der Waals surface area contributed by atoms with E-state index < -0.39 is 0 Å². The van der Waals surface area contributed by atoms with Crippen LogP contribution in [0.2, 0.25) is 0 Å². The second-order valence-electron chi connectivity index (χ2n) is 4.49. The molecule has 6 nitrogen and oxygen atoms in total. The fourth-order valence-electron chi connectivity index (χ4n) is 1.70. The minimum atomic E-state index is 0.607. The third kappa shape index (κ3) is 4.69. The monoisotopic (exact) mass is 366 g/mol. The zero-order valence-corrected chi connectivity index (χ0v) is 15.0. The maximum Gasteiger partial charge on any atom is 0.237 e. The van der Waals surface area contributed by atoms with Crippen LogP contribution in [0.25, 0.3) is 0 Å². The fourth-order valence-corrected chi connectivity index (χ4v) is 4.52. The number of aryl methyl sites for hydroxylation is 1. The van der Waals surface area contributed by atoms with Crippen LogP contribution >= 0.6 is 34.9 Å². The van der Waals surface area contributed by atoms with Gasteiger partial charge in [0.25, 0.3) is 0 Å². The van der Waals surface area contributed by atoms with Crippen LogP contribution in [0.5, 0.6) is 5.75 Å². The highest BCUT2D eigenvalue weighted by molar-refractivity contribution is 8.02. The summed E-state index contributed by atoms with van der Waals surface area (Å²) in [5.41, 5.74) is 1.22. The second-order valence-corrected chi connectivity index (χ2v) is 7.92. The lowest BCUT2D eigenvalue weighted by Crippen LogP contribution is -1.84. The van der Waals surface area contributed by atoms with Gasteiger partial charge in [0.05, 0.1) is 12.9 Å². The molecule has 0 atom stereocenters. The van der Waals surface area contributed by atoms with Gasteiger partial charge < -0.3 is 9.26 Å². The molecular weight excluding hydrogens is 352 g/mol. The van der Waals surface area contributed by atoms with Gasteiger partial charge in [0.2, 0.25) is 5.89 Å². The van der Waals surface area contributed by atoms with E-state index in [0.717, 1.165) is 20.2 Å². The molecule has 0 aliphatic heterocycles. The number of aromatic nitrogens is 4.